The Hall–Kier alpha value is -2.62. The van der Waals surface area contributed by atoms with Crippen LogP contribution in [0.15, 0.2) is 55.1 Å². The van der Waals surface area contributed by atoms with Gasteiger partial charge >= 0.3 is 0 Å². The molecule has 3 nitrogen and oxygen atoms in total. The summed E-state index contributed by atoms with van der Waals surface area (Å²) in [6.45, 7) is 1.91. The van der Waals surface area contributed by atoms with Gasteiger partial charge in [-0.3, -0.25) is 15.0 Å². The number of aryl methyl sites for hydroxylation is 1. The lowest BCUT2D eigenvalue weighted by Crippen LogP contribution is -1.93. The van der Waals surface area contributed by atoms with Gasteiger partial charge < -0.3 is 0 Å². The lowest BCUT2D eigenvalue weighted by Gasteiger charge is -2.05. The number of hydrogen-bond acceptors (Lipinski definition) is 3. The lowest BCUT2D eigenvalue weighted by atomic mass is 10.1. The quantitative estimate of drug-likeness (QED) is 0.710. The Morgan fingerprint density at radius 1 is 0.950 bits per heavy atom. The van der Waals surface area contributed by atoms with Crippen LogP contribution in [0.2, 0.25) is 0 Å². The van der Waals surface area contributed by atoms with E-state index in [-0.39, 0.29) is 5.82 Å². The number of halogens is 1. The predicted molar refractivity (Wildman–Crippen MR) is 75.4 cm³/mol. The summed E-state index contributed by atoms with van der Waals surface area (Å²) < 4.78 is 14.2. The summed E-state index contributed by atoms with van der Waals surface area (Å²) in [6, 6.07) is 8.81. The first-order chi connectivity index (χ1) is 9.74. The Morgan fingerprint density at radius 2 is 1.85 bits per heavy atom. The third kappa shape index (κ3) is 2.40. The van der Waals surface area contributed by atoms with E-state index in [2.05, 4.69) is 15.0 Å². The van der Waals surface area contributed by atoms with Gasteiger partial charge in [0.1, 0.15) is 11.5 Å². The highest BCUT2D eigenvalue weighted by molar-refractivity contribution is 5.65. The normalized spacial score (nSPS) is 10.5. The van der Waals surface area contributed by atoms with Crippen molar-refractivity contribution in [2.24, 2.45) is 0 Å². The topological polar surface area (TPSA) is 38.7 Å². The lowest BCUT2D eigenvalue weighted by molar-refractivity contribution is 0.626. The maximum atomic E-state index is 14.2. The van der Waals surface area contributed by atoms with E-state index in [1.807, 2.05) is 31.2 Å². The van der Waals surface area contributed by atoms with Crippen LogP contribution in [0.3, 0.4) is 0 Å². The van der Waals surface area contributed by atoms with Gasteiger partial charge in [-0.2, -0.15) is 0 Å². The minimum Gasteiger partial charge on any atom is -0.264 e. The first kappa shape index (κ1) is 12.4. The highest BCUT2D eigenvalue weighted by Gasteiger charge is 2.10. The van der Waals surface area contributed by atoms with Crippen molar-refractivity contribution < 1.29 is 4.39 Å². The molecule has 0 aliphatic heterocycles. The van der Waals surface area contributed by atoms with Gasteiger partial charge in [-0.05, 0) is 36.8 Å². The molecule has 0 aromatic carbocycles. The summed E-state index contributed by atoms with van der Waals surface area (Å²) in [4.78, 5) is 12.5. The Labute approximate surface area is 116 Å². The van der Waals surface area contributed by atoms with E-state index in [4.69, 9.17) is 0 Å². The van der Waals surface area contributed by atoms with Crippen molar-refractivity contribution in [2.75, 3.05) is 0 Å². The SMILES string of the molecule is Cc1cncc(-c2ncc(-c3ccccn3)cc2F)c1. The average Bonchev–Trinajstić information content (AvgIpc) is 2.48. The van der Waals surface area contributed by atoms with Gasteiger partial charge in [0, 0.05) is 35.9 Å². The average molecular weight is 265 g/mol. The van der Waals surface area contributed by atoms with E-state index < -0.39 is 0 Å². The summed E-state index contributed by atoms with van der Waals surface area (Å²) in [5, 5.41) is 0. The Bertz CT molecular complexity index is 742. The van der Waals surface area contributed by atoms with Crippen molar-refractivity contribution in [1.82, 2.24) is 15.0 Å². The molecule has 20 heavy (non-hydrogen) atoms. The number of nitrogens with zero attached hydrogens (tertiary/aromatic N) is 3. The molecule has 0 atom stereocenters. The molecule has 4 heteroatoms. The third-order valence-corrected chi connectivity index (χ3v) is 2.95. The van der Waals surface area contributed by atoms with E-state index in [0.29, 0.717) is 22.5 Å². The van der Waals surface area contributed by atoms with Gasteiger partial charge in [-0.1, -0.05) is 6.07 Å². The number of pyridine rings is 3. The molecule has 0 N–H and O–H groups in total. The minimum absolute atomic E-state index is 0.306. The van der Waals surface area contributed by atoms with E-state index in [0.717, 1.165) is 5.56 Å². The molecule has 0 fully saturated rings. The summed E-state index contributed by atoms with van der Waals surface area (Å²) in [6.07, 6.45) is 6.64. The summed E-state index contributed by atoms with van der Waals surface area (Å²) >= 11 is 0. The van der Waals surface area contributed by atoms with E-state index >= 15 is 0 Å². The number of rotatable bonds is 2. The zero-order valence-corrected chi connectivity index (χ0v) is 10.9. The van der Waals surface area contributed by atoms with Crippen molar-refractivity contribution in [2.45, 2.75) is 6.92 Å². The Kier molecular flexibility index (Phi) is 3.21. The van der Waals surface area contributed by atoms with Crippen LogP contribution in [0.4, 0.5) is 4.39 Å². The second-order valence-electron chi connectivity index (χ2n) is 4.52. The van der Waals surface area contributed by atoms with E-state index in [1.165, 1.54) is 6.07 Å². The third-order valence-electron chi connectivity index (χ3n) is 2.95. The molecule has 0 saturated carbocycles. The molecular weight excluding hydrogens is 253 g/mol. The van der Waals surface area contributed by atoms with Gasteiger partial charge in [0.05, 0.1) is 5.69 Å². The Balaban J connectivity index is 2.04. The number of hydrogen-bond donors (Lipinski definition) is 0. The van der Waals surface area contributed by atoms with Gasteiger partial charge in [-0.15, -0.1) is 0 Å². The predicted octanol–water partition coefficient (Wildman–Crippen LogP) is 3.65. The molecule has 0 aliphatic carbocycles. The minimum atomic E-state index is -0.374. The smallest absolute Gasteiger partial charge is 0.150 e. The molecule has 0 radical (unpaired) electrons. The molecule has 98 valence electrons. The molecule has 0 aliphatic rings. The van der Waals surface area contributed by atoms with Crippen molar-refractivity contribution in [3.8, 4) is 22.5 Å². The van der Waals surface area contributed by atoms with Gasteiger partial charge in [-0.25, -0.2) is 4.39 Å². The van der Waals surface area contributed by atoms with E-state index in [1.54, 1.807) is 24.8 Å². The zero-order valence-electron chi connectivity index (χ0n) is 10.9. The molecule has 0 amide bonds. The molecular formula is C16H12FN3. The van der Waals surface area contributed by atoms with Gasteiger partial charge in [0.2, 0.25) is 0 Å². The fraction of sp³-hybridized carbons (Fsp3) is 0.0625. The second-order valence-corrected chi connectivity index (χ2v) is 4.52. The van der Waals surface area contributed by atoms with Crippen LogP contribution in [-0.2, 0) is 0 Å². The molecule has 0 spiro atoms. The highest BCUT2D eigenvalue weighted by atomic mass is 19.1. The first-order valence-corrected chi connectivity index (χ1v) is 6.23. The molecule has 3 aromatic heterocycles. The zero-order chi connectivity index (χ0) is 13.9. The van der Waals surface area contributed by atoms with Crippen molar-refractivity contribution in [3.05, 3.63) is 66.5 Å². The van der Waals surface area contributed by atoms with Crippen molar-refractivity contribution in [1.29, 1.82) is 0 Å². The largest absolute Gasteiger partial charge is 0.264 e. The Morgan fingerprint density at radius 3 is 2.55 bits per heavy atom. The molecule has 3 rings (SSSR count). The molecule has 0 saturated heterocycles. The van der Waals surface area contributed by atoms with Crippen molar-refractivity contribution in [3.63, 3.8) is 0 Å². The van der Waals surface area contributed by atoms with Crippen LogP contribution in [0.1, 0.15) is 5.56 Å². The van der Waals surface area contributed by atoms with Crippen LogP contribution in [0.5, 0.6) is 0 Å². The second kappa shape index (κ2) is 5.17. The fourth-order valence-corrected chi connectivity index (χ4v) is 2.01. The summed E-state index contributed by atoms with van der Waals surface area (Å²) in [7, 11) is 0. The summed E-state index contributed by atoms with van der Waals surface area (Å²) in [5.41, 5.74) is 3.31. The van der Waals surface area contributed by atoms with Crippen LogP contribution in [-0.4, -0.2) is 15.0 Å². The van der Waals surface area contributed by atoms with Crippen LogP contribution in [0, 0.1) is 12.7 Å². The molecule has 0 unspecified atom stereocenters. The maximum absolute atomic E-state index is 14.2. The standard InChI is InChI=1S/C16H12FN3/c1-11-6-13(9-18-8-11)16-14(17)7-12(10-20-16)15-4-2-3-5-19-15/h2-10H,1H3. The monoisotopic (exact) mass is 265 g/mol. The van der Waals surface area contributed by atoms with E-state index in [9.17, 15) is 4.39 Å². The molecule has 3 heterocycles. The molecule has 0 bridgehead atoms. The highest BCUT2D eigenvalue weighted by Crippen LogP contribution is 2.24. The first-order valence-electron chi connectivity index (χ1n) is 6.23. The van der Waals surface area contributed by atoms with Gasteiger partial charge in [0.15, 0.2) is 0 Å². The molecule has 3 aromatic rings. The van der Waals surface area contributed by atoms with Gasteiger partial charge in [0.25, 0.3) is 0 Å². The fourth-order valence-electron chi connectivity index (χ4n) is 2.01. The van der Waals surface area contributed by atoms with Crippen LogP contribution in [0.25, 0.3) is 22.5 Å². The summed E-state index contributed by atoms with van der Waals surface area (Å²) in [5.74, 6) is -0.374. The van der Waals surface area contributed by atoms with Crippen LogP contribution >= 0.6 is 0 Å². The maximum Gasteiger partial charge on any atom is 0.150 e. The van der Waals surface area contributed by atoms with Crippen molar-refractivity contribution >= 4 is 0 Å². The number of aromatic nitrogens is 3. The van der Waals surface area contributed by atoms with Crippen LogP contribution < -0.4 is 0 Å².